The highest BCUT2D eigenvalue weighted by Crippen LogP contribution is 2.46. The average molecular weight is 809 g/mol. The van der Waals surface area contributed by atoms with Gasteiger partial charge in [-0.05, 0) is 67.9 Å². The number of fused-ring (bicyclic) bond motifs is 5. The van der Waals surface area contributed by atoms with E-state index >= 15 is 0 Å². The van der Waals surface area contributed by atoms with E-state index in [1.807, 2.05) is 54.2 Å². The van der Waals surface area contributed by atoms with Gasteiger partial charge in [0.1, 0.15) is 23.4 Å². The number of methoxy groups -OCH3 is 1. The lowest BCUT2D eigenvalue weighted by Gasteiger charge is -2.30. The normalized spacial score (nSPS) is 19.1. The predicted molar refractivity (Wildman–Crippen MR) is 229 cm³/mol. The van der Waals surface area contributed by atoms with Gasteiger partial charge >= 0.3 is 6.09 Å². The molecule has 0 saturated carbocycles. The Morgan fingerprint density at radius 2 is 1.48 bits per heavy atom. The van der Waals surface area contributed by atoms with Crippen molar-refractivity contribution in [2.24, 2.45) is 11.8 Å². The summed E-state index contributed by atoms with van der Waals surface area (Å²) in [5.41, 5.74) is 7.77. The van der Waals surface area contributed by atoms with Crippen LogP contribution in [0.4, 0.5) is 4.79 Å². The maximum absolute atomic E-state index is 13.7. The Morgan fingerprint density at radius 1 is 0.833 bits per heavy atom. The van der Waals surface area contributed by atoms with Crippen molar-refractivity contribution >= 4 is 28.8 Å². The summed E-state index contributed by atoms with van der Waals surface area (Å²) in [6.07, 6.45) is 6.69. The molecule has 3 aromatic heterocycles. The average Bonchev–Trinajstić information content (AvgIpc) is 4.10. The first-order valence-electron chi connectivity index (χ1n) is 21.1. The number of aromatic amines is 2. The first-order valence-corrected chi connectivity index (χ1v) is 21.1. The quantitative estimate of drug-likeness (QED) is 0.125. The van der Waals surface area contributed by atoms with E-state index in [0.717, 1.165) is 99.9 Å². The largest absolute Gasteiger partial charge is 0.465 e. The molecule has 0 radical (unpaired) electrons. The first-order chi connectivity index (χ1) is 29.1. The highest BCUT2D eigenvalue weighted by Gasteiger charge is 2.38. The van der Waals surface area contributed by atoms with Crippen LogP contribution in [0.1, 0.15) is 95.3 Å². The number of imidazole rings is 2. The zero-order valence-electron chi connectivity index (χ0n) is 34.8. The predicted octanol–water partition coefficient (Wildman–Crippen LogP) is 8.78. The van der Waals surface area contributed by atoms with Crippen LogP contribution in [0.15, 0.2) is 85.2 Å². The molecule has 9 rings (SSSR count). The van der Waals surface area contributed by atoms with Crippen LogP contribution >= 0.6 is 0 Å². The second-order valence-corrected chi connectivity index (χ2v) is 17.0. The molecule has 3 aromatic carbocycles. The minimum atomic E-state index is -0.699. The molecule has 0 bridgehead atoms. The Bertz CT molecular complexity index is 2550. The van der Waals surface area contributed by atoms with E-state index in [-0.39, 0.29) is 29.8 Å². The van der Waals surface area contributed by atoms with Gasteiger partial charge in [0.25, 0.3) is 0 Å². The molecular formula is C47H52N8O5. The van der Waals surface area contributed by atoms with Gasteiger partial charge in [-0.2, -0.15) is 0 Å². The van der Waals surface area contributed by atoms with E-state index in [1.165, 1.54) is 7.11 Å². The number of carbonyl (C=O) groups is 3. The van der Waals surface area contributed by atoms with Crippen LogP contribution < -0.4 is 10.1 Å². The standard InChI is InChI=1S/C47H52N8O5/c1-27(2)21-41(56)53-19-9-13-37(53)43-48-26-35(51-43)31-15-17-33-39-23-32-22-30(16-18-36(32)55(39)46(60-40(33)24-31)29-11-7-6-8-12-29)34-25-49-44(50-34)38-14-10-20-54(38)45(57)42(28(3)4)52-47(58)59-5/h6-8,11-12,15-18,22-28,37-38,42,46H,9-10,13-14,19-21H2,1-5H3,(H,48,51)(H,49,50)(H,52,58)/t37-,38-,42-,46?/m0/s1. The zero-order valence-corrected chi connectivity index (χ0v) is 34.8. The number of hydrogen-bond acceptors (Lipinski definition) is 7. The Kier molecular flexibility index (Phi) is 10.4. The second kappa shape index (κ2) is 16.0. The molecule has 6 heterocycles. The molecule has 1 unspecified atom stereocenters. The number of ether oxygens (including phenoxy) is 2. The Labute approximate surface area is 349 Å². The summed E-state index contributed by atoms with van der Waals surface area (Å²) < 4.78 is 14.0. The molecule has 2 saturated heterocycles. The van der Waals surface area contributed by atoms with Gasteiger partial charge < -0.3 is 39.1 Å². The Balaban J connectivity index is 1.02. The molecule has 4 atom stereocenters. The molecule has 310 valence electrons. The number of hydrogen-bond donors (Lipinski definition) is 3. The van der Waals surface area contributed by atoms with E-state index in [1.54, 1.807) is 0 Å². The maximum Gasteiger partial charge on any atom is 0.407 e. The van der Waals surface area contributed by atoms with E-state index in [4.69, 9.17) is 19.4 Å². The molecule has 3 N–H and O–H groups in total. The summed E-state index contributed by atoms with van der Waals surface area (Å²) in [4.78, 5) is 59.4. The van der Waals surface area contributed by atoms with Crippen molar-refractivity contribution in [3.8, 4) is 39.5 Å². The van der Waals surface area contributed by atoms with E-state index in [0.29, 0.717) is 18.9 Å². The summed E-state index contributed by atoms with van der Waals surface area (Å²) in [5.74, 6) is 2.56. The van der Waals surface area contributed by atoms with Crippen molar-refractivity contribution in [3.05, 3.63) is 102 Å². The zero-order chi connectivity index (χ0) is 41.7. The van der Waals surface area contributed by atoms with Crippen LogP contribution in [0, 0.1) is 11.8 Å². The van der Waals surface area contributed by atoms with Crippen LogP contribution in [0.25, 0.3) is 44.7 Å². The van der Waals surface area contributed by atoms with Gasteiger partial charge in [0.15, 0.2) is 0 Å². The fraction of sp³-hybridized carbons (Fsp3) is 0.383. The summed E-state index contributed by atoms with van der Waals surface area (Å²) in [7, 11) is 1.30. The van der Waals surface area contributed by atoms with Gasteiger partial charge in [-0.1, -0.05) is 70.2 Å². The third-order valence-corrected chi connectivity index (χ3v) is 12.2. The van der Waals surface area contributed by atoms with Crippen molar-refractivity contribution < 1.29 is 23.9 Å². The number of nitrogens with zero attached hydrogens (tertiary/aromatic N) is 5. The Morgan fingerprint density at radius 3 is 2.15 bits per heavy atom. The fourth-order valence-corrected chi connectivity index (χ4v) is 9.18. The molecule has 3 amide bonds. The lowest BCUT2D eigenvalue weighted by molar-refractivity contribution is -0.135. The molecule has 0 spiro atoms. The topological polar surface area (TPSA) is 150 Å². The van der Waals surface area contributed by atoms with Crippen LogP contribution in [0.3, 0.4) is 0 Å². The van der Waals surface area contributed by atoms with Crippen LogP contribution in [0.5, 0.6) is 5.75 Å². The van der Waals surface area contributed by atoms with Crippen molar-refractivity contribution in [2.45, 2.75) is 84.2 Å². The fourth-order valence-electron chi connectivity index (χ4n) is 9.18. The SMILES string of the molecule is COC(=O)N[C@H](C(=O)N1CCC[C@H]1c1ncc(-c2ccc3c(c2)cc2n3C(c3ccccc3)Oc3cc(-c4cnc([C@@H]5CCCN5C(=O)CC(C)C)[nH]4)ccc3-2)[nH]1)C(C)C. The van der Waals surface area contributed by atoms with Gasteiger partial charge in [0.2, 0.25) is 18.0 Å². The van der Waals surface area contributed by atoms with Crippen molar-refractivity contribution in [3.63, 3.8) is 0 Å². The van der Waals surface area contributed by atoms with Crippen LogP contribution in [-0.4, -0.2) is 78.5 Å². The number of alkyl carbamates (subject to hydrolysis) is 1. The molecule has 2 fully saturated rings. The summed E-state index contributed by atoms with van der Waals surface area (Å²) in [6.45, 7) is 9.33. The van der Waals surface area contributed by atoms with E-state index in [2.05, 4.69) is 88.3 Å². The van der Waals surface area contributed by atoms with Crippen molar-refractivity contribution in [2.75, 3.05) is 20.2 Å². The number of H-pyrrole nitrogens is 2. The third kappa shape index (κ3) is 7.19. The number of nitrogens with one attached hydrogen (secondary N) is 3. The molecule has 13 nitrogen and oxygen atoms in total. The maximum atomic E-state index is 13.7. The van der Waals surface area contributed by atoms with Gasteiger partial charge in [-0.3, -0.25) is 9.59 Å². The Hall–Kier alpha value is -6.37. The summed E-state index contributed by atoms with van der Waals surface area (Å²) in [6, 6.07) is 24.2. The molecule has 3 aliphatic heterocycles. The number of benzene rings is 3. The van der Waals surface area contributed by atoms with E-state index in [9.17, 15) is 14.4 Å². The van der Waals surface area contributed by atoms with Gasteiger partial charge in [0.05, 0.1) is 54.2 Å². The third-order valence-electron chi connectivity index (χ3n) is 12.2. The molecule has 3 aliphatic rings. The molecule has 13 heteroatoms. The lowest BCUT2D eigenvalue weighted by Crippen LogP contribution is -2.51. The molecular weight excluding hydrogens is 757 g/mol. The minimum Gasteiger partial charge on any atom is -0.465 e. The van der Waals surface area contributed by atoms with Crippen LogP contribution in [-0.2, 0) is 14.3 Å². The van der Waals surface area contributed by atoms with Gasteiger partial charge in [-0.25, -0.2) is 14.8 Å². The number of carbonyl (C=O) groups excluding carboxylic acids is 3. The van der Waals surface area contributed by atoms with Crippen LogP contribution in [0.2, 0.25) is 0 Å². The van der Waals surface area contributed by atoms with Crippen molar-refractivity contribution in [1.82, 2.24) is 39.6 Å². The molecule has 0 aliphatic carbocycles. The minimum absolute atomic E-state index is 0.0452. The highest BCUT2D eigenvalue weighted by atomic mass is 16.5. The van der Waals surface area contributed by atoms with E-state index < -0.39 is 18.4 Å². The number of rotatable bonds is 10. The lowest BCUT2D eigenvalue weighted by atomic mass is 10.0. The van der Waals surface area contributed by atoms with Gasteiger partial charge in [-0.15, -0.1) is 0 Å². The summed E-state index contributed by atoms with van der Waals surface area (Å²) in [5, 5.41) is 3.78. The smallest absolute Gasteiger partial charge is 0.407 e. The number of aromatic nitrogens is 5. The number of amides is 3. The second-order valence-electron chi connectivity index (χ2n) is 17.0. The van der Waals surface area contributed by atoms with Gasteiger partial charge in [0, 0.05) is 47.2 Å². The molecule has 6 aromatic rings. The summed E-state index contributed by atoms with van der Waals surface area (Å²) >= 11 is 0. The monoisotopic (exact) mass is 808 g/mol. The highest BCUT2D eigenvalue weighted by molar-refractivity contribution is 5.92. The number of likely N-dealkylation sites (tertiary alicyclic amines) is 2. The van der Waals surface area contributed by atoms with Crippen molar-refractivity contribution in [1.29, 1.82) is 0 Å². The molecule has 60 heavy (non-hydrogen) atoms. The first kappa shape index (κ1) is 39.1.